The first-order chi connectivity index (χ1) is 11.1. The third-order valence-electron chi connectivity index (χ3n) is 3.77. The van der Waals surface area contributed by atoms with Crippen LogP contribution in [0.3, 0.4) is 0 Å². The maximum Gasteiger partial charge on any atom is 0.341 e. The minimum absolute atomic E-state index is 0.0636. The average molecular weight is 357 g/mol. The van der Waals surface area contributed by atoms with Crippen LogP contribution in [0.25, 0.3) is 0 Å². The van der Waals surface area contributed by atoms with E-state index in [2.05, 4.69) is 10.2 Å². The molecule has 1 aromatic rings. The van der Waals surface area contributed by atoms with Gasteiger partial charge in [-0.25, -0.2) is 4.79 Å². The number of hydrogen-bond donors (Lipinski definition) is 1. The van der Waals surface area contributed by atoms with Gasteiger partial charge in [-0.2, -0.15) is 11.8 Å². The van der Waals surface area contributed by atoms with E-state index in [0.717, 1.165) is 41.5 Å². The van der Waals surface area contributed by atoms with Crippen LogP contribution < -0.4 is 5.32 Å². The number of carbonyl (C=O) groups excluding carboxylic acids is 2. The van der Waals surface area contributed by atoms with E-state index >= 15 is 0 Å². The lowest BCUT2D eigenvalue weighted by molar-refractivity contribution is -0.117. The van der Waals surface area contributed by atoms with Crippen LogP contribution in [0.5, 0.6) is 0 Å². The Morgan fingerprint density at radius 3 is 2.57 bits per heavy atom. The second-order valence-electron chi connectivity index (χ2n) is 5.35. The molecule has 128 valence electrons. The van der Waals surface area contributed by atoms with Crippen molar-refractivity contribution in [3.63, 3.8) is 0 Å². The Kier molecular flexibility index (Phi) is 6.92. The smallest absolute Gasteiger partial charge is 0.341 e. The van der Waals surface area contributed by atoms with E-state index in [9.17, 15) is 9.59 Å². The third kappa shape index (κ3) is 4.71. The molecule has 1 aliphatic heterocycles. The Labute approximate surface area is 145 Å². The monoisotopic (exact) mass is 356 g/mol. The quantitative estimate of drug-likeness (QED) is 0.794. The number of aryl methyl sites for hydroxylation is 1. The van der Waals surface area contributed by atoms with Crippen molar-refractivity contribution in [2.75, 3.05) is 43.1 Å². The molecule has 5 nitrogen and oxygen atoms in total. The topological polar surface area (TPSA) is 58.6 Å². The molecule has 0 unspecified atom stereocenters. The molecule has 1 N–H and O–H groups in total. The molecule has 23 heavy (non-hydrogen) atoms. The number of esters is 1. The van der Waals surface area contributed by atoms with Crippen LogP contribution in [0.4, 0.5) is 5.00 Å². The van der Waals surface area contributed by atoms with Crippen molar-refractivity contribution in [3.8, 4) is 0 Å². The lowest BCUT2D eigenvalue weighted by Gasteiger charge is -2.25. The number of rotatable bonds is 6. The minimum Gasteiger partial charge on any atom is -0.462 e. The van der Waals surface area contributed by atoms with E-state index in [1.54, 1.807) is 6.92 Å². The molecule has 0 saturated carbocycles. The van der Waals surface area contributed by atoms with Crippen molar-refractivity contribution in [3.05, 3.63) is 16.0 Å². The zero-order valence-electron chi connectivity index (χ0n) is 13.9. The molecule has 0 spiro atoms. The van der Waals surface area contributed by atoms with Gasteiger partial charge < -0.3 is 10.1 Å². The van der Waals surface area contributed by atoms with E-state index in [4.69, 9.17) is 4.74 Å². The molecule has 0 radical (unpaired) electrons. The molecular weight excluding hydrogens is 332 g/mol. The summed E-state index contributed by atoms with van der Waals surface area (Å²) in [5, 5.41) is 3.54. The van der Waals surface area contributed by atoms with Gasteiger partial charge in [-0.3, -0.25) is 9.69 Å². The van der Waals surface area contributed by atoms with Gasteiger partial charge in [0.15, 0.2) is 0 Å². The molecule has 1 fully saturated rings. The number of anilines is 1. The third-order valence-corrected chi connectivity index (χ3v) is 5.77. The Morgan fingerprint density at radius 1 is 1.26 bits per heavy atom. The fourth-order valence-corrected chi connectivity index (χ4v) is 4.77. The number of carbonyl (C=O) groups is 2. The van der Waals surface area contributed by atoms with Crippen molar-refractivity contribution in [2.24, 2.45) is 0 Å². The van der Waals surface area contributed by atoms with Gasteiger partial charge in [0, 0.05) is 29.5 Å². The van der Waals surface area contributed by atoms with Crippen molar-refractivity contribution in [1.82, 2.24) is 4.90 Å². The normalized spacial score (nSPS) is 15.4. The average Bonchev–Trinajstić information content (AvgIpc) is 2.83. The van der Waals surface area contributed by atoms with Gasteiger partial charge >= 0.3 is 5.97 Å². The van der Waals surface area contributed by atoms with Gasteiger partial charge in [0.05, 0.1) is 18.7 Å². The molecular formula is C16H24N2O3S2. The highest BCUT2D eigenvalue weighted by atomic mass is 32.2. The first-order valence-corrected chi connectivity index (χ1v) is 9.93. The first-order valence-electron chi connectivity index (χ1n) is 7.96. The van der Waals surface area contributed by atoms with Gasteiger partial charge in [-0.1, -0.05) is 6.92 Å². The molecule has 1 saturated heterocycles. The fraction of sp³-hybridized carbons (Fsp3) is 0.625. The summed E-state index contributed by atoms with van der Waals surface area (Å²) in [4.78, 5) is 27.8. The standard InChI is InChI=1S/C16H24N2O3S2/c1-4-12-11(3)23-15(14(12)16(20)21-5-2)17-13(19)10-18-6-8-22-9-7-18/h4-10H2,1-3H3,(H,17,19). The van der Waals surface area contributed by atoms with Crippen LogP contribution in [0.2, 0.25) is 0 Å². The fourth-order valence-electron chi connectivity index (χ4n) is 2.64. The number of hydrogen-bond acceptors (Lipinski definition) is 6. The molecule has 2 heterocycles. The largest absolute Gasteiger partial charge is 0.462 e. The summed E-state index contributed by atoms with van der Waals surface area (Å²) < 4.78 is 5.16. The summed E-state index contributed by atoms with van der Waals surface area (Å²) in [6.45, 7) is 8.35. The van der Waals surface area contributed by atoms with Crippen molar-refractivity contribution in [2.45, 2.75) is 27.2 Å². The maximum atomic E-state index is 12.3. The lowest BCUT2D eigenvalue weighted by Crippen LogP contribution is -2.38. The SMILES string of the molecule is CCOC(=O)c1c(NC(=O)CN2CCSCC2)sc(C)c1CC. The van der Waals surface area contributed by atoms with Crippen molar-refractivity contribution in [1.29, 1.82) is 0 Å². The van der Waals surface area contributed by atoms with Crippen LogP contribution in [-0.4, -0.2) is 54.5 Å². The summed E-state index contributed by atoms with van der Waals surface area (Å²) in [5.74, 6) is 1.73. The number of ether oxygens (including phenoxy) is 1. The van der Waals surface area contributed by atoms with E-state index in [1.165, 1.54) is 11.3 Å². The van der Waals surface area contributed by atoms with Gasteiger partial charge in [0.25, 0.3) is 0 Å². The zero-order chi connectivity index (χ0) is 16.8. The number of nitrogens with one attached hydrogen (secondary N) is 1. The molecule has 0 aromatic carbocycles. The molecule has 1 aromatic heterocycles. The predicted molar refractivity (Wildman–Crippen MR) is 96.8 cm³/mol. The Hall–Kier alpha value is -1.05. The van der Waals surface area contributed by atoms with Crippen molar-refractivity contribution >= 4 is 40.0 Å². The van der Waals surface area contributed by atoms with Crippen LogP contribution in [0, 0.1) is 6.92 Å². The van der Waals surface area contributed by atoms with Crippen LogP contribution in [-0.2, 0) is 16.0 Å². The Balaban J connectivity index is 2.11. The zero-order valence-corrected chi connectivity index (χ0v) is 15.6. The van der Waals surface area contributed by atoms with Crippen LogP contribution >= 0.6 is 23.1 Å². The van der Waals surface area contributed by atoms with E-state index in [-0.39, 0.29) is 11.9 Å². The highest BCUT2D eigenvalue weighted by Gasteiger charge is 2.24. The van der Waals surface area contributed by atoms with E-state index < -0.39 is 0 Å². The first kappa shape index (κ1) is 18.3. The molecule has 0 atom stereocenters. The number of amides is 1. The number of thiophene rings is 1. The number of thioether (sulfide) groups is 1. The summed E-state index contributed by atoms with van der Waals surface area (Å²) in [5.41, 5.74) is 1.50. The maximum absolute atomic E-state index is 12.3. The highest BCUT2D eigenvalue weighted by molar-refractivity contribution is 7.99. The predicted octanol–water partition coefficient (Wildman–Crippen LogP) is 2.78. The Bertz CT molecular complexity index is 566. The second kappa shape index (κ2) is 8.70. The molecule has 0 bridgehead atoms. The van der Waals surface area contributed by atoms with Crippen LogP contribution in [0.1, 0.15) is 34.6 Å². The number of nitrogens with zero attached hydrogens (tertiary/aromatic N) is 1. The summed E-state index contributed by atoms with van der Waals surface area (Å²) >= 11 is 3.37. The molecule has 1 amide bonds. The summed E-state index contributed by atoms with van der Waals surface area (Å²) in [6, 6.07) is 0. The lowest BCUT2D eigenvalue weighted by atomic mass is 10.1. The molecule has 2 rings (SSSR count). The van der Waals surface area contributed by atoms with Gasteiger partial charge in [0.1, 0.15) is 5.00 Å². The van der Waals surface area contributed by atoms with Gasteiger partial charge in [0.2, 0.25) is 5.91 Å². The van der Waals surface area contributed by atoms with Crippen LogP contribution in [0.15, 0.2) is 0 Å². The van der Waals surface area contributed by atoms with E-state index in [0.29, 0.717) is 23.7 Å². The Morgan fingerprint density at radius 2 is 1.96 bits per heavy atom. The molecule has 1 aliphatic rings. The summed E-state index contributed by atoms with van der Waals surface area (Å²) in [7, 11) is 0. The van der Waals surface area contributed by atoms with Crippen molar-refractivity contribution < 1.29 is 14.3 Å². The second-order valence-corrected chi connectivity index (χ2v) is 7.80. The van der Waals surface area contributed by atoms with E-state index in [1.807, 2.05) is 25.6 Å². The summed E-state index contributed by atoms with van der Waals surface area (Å²) in [6.07, 6.45) is 0.746. The van der Waals surface area contributed by atoms with Gasteiger partial charge in [-0.05, 0) is 25.8 Å². The van der Waals surface area contributed by atoms with Gasteiger partial charge in [-0.15, -0.1) is 11.3 Å². The minimum atomic E-state index is -0.349. The highest BCUT2D eigenvalue weighted by Crippen LogP contribution is 2.34. The molecule has 0 aliphatic carbocycles. The molecule has 7 heteroatoms.